The number of nitrogens with two attached hydrogens (primary N) is 1. The fourth-order valence-electron chi connectivity index (χ4n) is 1.74. The quantitative estimate of drug-likeness (QED) is 0.837. The van der Waals surface area contributed by atoms with Crippen LogP contribution in [0.15, 0.2) is 51.4 Å². The van der Waals surface area contributed by atoms with E-state index in [1.54, 1.807) is 12.1 Å². The number of rotatable bonds is 3. The number of hydrogen-bond donors (Lipinski definition) is 1. The smallest absolute Gasteiger partial charge is 0.137 e. The molecule has 0 aromatic heterocycles. The highest BCUT2D eigenvalue weighted by atomic mass is 79.9. The zero-order valence-electron chi connectivity index (χ0n) is 9.54. The summed E-state index contributed by atoms with van der Waals surface area (Å²) < 4.78 is 14.6. The van der Waals surface area contributed by atoms with Crippen LogP contribution in [0.1, 0.15) is 17.2 Å². The van der Waals surface area contributed by atoms with Gasteiger partial charge in [0.1, 0.15) is 5.82 Å². The molecule has 0 bridgehead atoms. The summed E-state index contributed by atoms with van der Waals surface area (Å²) >= 11 is 6.57. The topological polar surface area (TPSA) is 26.0 Å². The molecule has 4 heteroatoms. The van der Waals surface area contributed by atoms with E-state index in [2.05, 4.69) is 31.9 Å². The molecule has 0 saturated heterocycles. The van der Waals surface area contributed by atoms with E-state index < -0.39 is 0 Å². The van der Waals surface area contributed by atoms with Crippen LogP contribution in [0.2, 0.25) is 0 Å². The summed E-state index contributed by atoms with van der Waals surface area (Å²) in [5, 5.41) is 0. The van der Waals surface area contributed by atoms with E-state index in [9.17, 15) is 4.39 Å². The Labute approximate surface area is 122 Å². The lowest BCUT2D eigenvalue weighted by atomic mass is 10.00. The first-order valence-electron chi connectivity index (χ1n) is 5.51. The lowest BCUT2D eigenvalue weighted by Crippen LogP contribution is -2.13. The molecule has 0 heterocycles. The van der Waals surface area contributed by atoms with E-state index in [0.717, 1.165) is 22.0 Å². The molecule has 2 aromatic rings. The largest absolute Gasteiger partial charge is 0.324 e. The molecule has 0 amide bonds. The summed E-state index contributed by atoms with van der Waals surface area (Å²) in [7, 11) is 0. The first kappa shape index (κ1) is 13.7. The minimum atomic E-state index is -0.269. The molecular formula is C14H12Br2FN. The van der Waals surface area contributed by atoms with Gasteiger partial charge in [0.2, 0.25) is 0 Å². The molecule has 1 atom stereocenters. The third-order valence-corrected chi connectivity index (χ3v) is 3.88. The van der Waals surface area contributed by atoms with Crippen LogP contribution in [-0.2, 0) is 6.42 Å². The van der Waals surface area contributed by atoms with Crippen molar-refractivity contribution in [3.05, 3.63) is 68.4 Å². The Morgan fingerprint density at radius 2 is 1.72 bits per heavy atom. The second-order valence-corrected chi connectivity index (χ2v) is 5.88. The van der Waals surface area contributed by atoms with Crippen LogP contribution in [0.5, 0.6) is 0 Å². The van der Waals surface area contributed by atoms with Crippen LogP contribution in [0, 0.1) is 5.82 Å². The summed E-state index contributed by atoms with van der Waals surface area (Å²) in [6, 6.07) is 12.8. The lowest BCUT2D eigenvalue weighted by Gasteiger charge is -2.13. The summed E-state index contributed by atoms with van der Waals surface area (Å²) in [5.41, 5.74) is 8.21. The van der Waals surface area contributed by atoms with E-state index in [1.165, 1.54) is 6.07 Å². The summed E-state index contributed by atoms with van der Waals surface area (Å²) in [4.78, 5) is 0. The van der Waals surface area contributed by atoms with Crippen molar-refractivity contribution >= 4 is 31.9 Å². The first-order valence-corrected chi connectivity index (χ1v) is 7.10. The maximum absolute atomic E-state index is 13.1. The van der Waals surface area contributed by atoms with Gasteiger partial charge in [0.15, 0.2) is 0 Å². The maximum Gasteiger partial charge on any atom is 0.137 e. The van der Waals surface area contributed by atoms with Crippen LogP contribution in [-0.4, -0.2) is 0 Å². The SMILES string of the molecule is NC(Cc1ccc(Br)cc1)c1ccc(F)c(Br)c1. The molecule has 0 aliphatic rings. The van der Waals surface area contributed by atoms with Gasteiger partial charge in [-0.25, -0.2) is 4.39 Å². The van der Waals surface area contributed by atoms with Gasteiger partial charge in [0, 0.05) is 10.5 Å². The molecule has 0 aliphatic carbocycles. The van der Waals surface area contributed by atoms with Crippen molar-refractivity contribution in [3.8, 4) is 0 Å². The molecule has 2 rings (SSSR count). The first-order chi connectivity index (χ1) is 8.56. The zero-order chi connectivity index (χ0) is 13.1. The van der Waals surface area contributed by atoms with Gasteiger partial charge in [-0.05, 0) is 57.7 Å². The van der Waals surface area contributed by atoms with Crippen molar-refractivity contribution in [1.29, 1.82) is 0 Å². The average Bonchev–Trinajstić information content (AvgIpc) is 2.35. The van der Waals surface area contributed by atoms with Gasteiger partial charge in [-0.1, -0.05) is 34.1 Å². The van der Waals surface area contributed by atoms with Crippen LogP contribution >= 0.6 is 31.9 Å². The average molecular weight is 373 g/mol. The van der Waals surface area contributed by atoms with Crippen molar-refractivity contribution in [1.82, 2.24) is 0 Å². The molecule has 0 radical (unpaired) electrons. The summed E-state index contributed by atoms with van der Waals surface area (Å²) in [6.07, 6.45) is 0.728. The third-order valence-electron chi connectivity index (χ3n) is 2.74. The second-order valence-electron chi connectivity index (χ2n) is 4.11. The highest BCUT2D eigenvalue weighted by molar-refractivity contribution is 9.10. The molecule has 0 spiro atoms. The van der Waals surface area contributed by atoms with Crippen molar-refractivity contribution in [3.63, 3.8) is 0 Å². The monoisotopic (exact) mass is 371 g/mol. The van der Waals surface area contributed by atoms with Gasteiger partial charge >= 0.3 is 0 Å². The van der Waals surface area contributed by atoms with Gasteiger partial charge in [0.25, 0.3) is 0 Å². The number of benzene rings is 2. The van der Waals surface area contributed by atoms with Crippen LogP contribution < -0.4 is 5.73 Å². The minimum absolute atomic E-state index is 0.136. The van der Waals surface area contributed by atoms with Crippen molar-refractivity contribution < 1.29 is 4.39 Å². The maximum atomic E-state index is 13.1. The normalized spacial score (nSPS) is 12.4. The van der Waals surface area contributed by atoms with E-state index in [0.29, 0.717) is 4.47 Å². The van der Waals surface area contributed by atoms with E-state index >= 15 is 0 Å². The summed E-state index contributed by atoms with van der Waals surface area (Å²) in [6.45, 7) is 0. The van der Waals surface area contributed by atoms with Gasteiger partial charge < -0.3 is 5.73 Å². The predicted octanol–water partition coefficient (Wildman–Crippen LogP) is 4.59. The van der Waals surface area contributed by atoms with Gasteiger partial charge in [-0.2, -0.15) is 0 Å². The molecule has 1 nitrogen and oxygen atoms in total. The van der Waals surface area contributed by atoms with Gasteiger partial charge in [-0.3, -0.25) is 0 Å². The van der Waals surface area contributed by atoms with Crippen LogP contribution in [0.3, 0.4) is 0 Å². The molecule has 2 N–H and O–H groups in total. The molecule has 1 unspecified atom stereocenters. The predicted molar refractivity (Wildman–Crippen MR) is 78.9 cm³/mol. The summed E-state index contributed by atoms with van der Waals surface area (Å²) in [5.74, 6) is -0.269. The highest BCUT2D eigenvalue weighted by Gasteiger charge is 2.09. The minimum Gasteiger partial charge on any atom is -0.324 e. The zero-order valence-corrected chi connectivity index (χ0v) is 12.7. The fraction of sp³-hybridized carbons (Fsp3) is 0.143. The number of halogens is 3. The van der Waals surface area contributed by atoms with Crippen molar-refractivity contribution in [2.45, 2.75) is 12.5 Å². The number of hydrogen-bond acceptors (Lipinski definition) is 1. The molecule has 0 saturated carbocycles. The highest BCUT2D eigenvalue weighted by Crippen LogP contribution is 2.23. The van der Waals surface area contributed by atoms with Crippen LogP contribution in [0.25, 0.3) is 0 Å². The second kappa shape index (κ2) is 5.95. The van der Waals surface area contributed by atoms with E-state index in [1.807, 2.05) is 24.3 Å². The van der Waals surface area contributed by atoms with Crippen LogP contribution in [0.4, 0.5) is 4.39 Å². The van der Waals surface area contributed by atoms with Gasteiger partial charge in [-0.15, -0.1) is 0 Å². The van der Waals surface area contributed by atoms with Crippen molar-refractivity contribution in [2.24, 2.45) is 5.73 Å². The Balaban J connectivity index is 2.13. The molecule has 18 heavy (non-hydrogen) atoms. The Morgan fingerprint density at radius 1 is 1.06 bits per heavy atom. The Kier molecular flexibility index (Phi) is 4.54. The van der Waals surface area contributed by atoms with E-state index in [-0.39, 0.29) is 11.9 Å². The van der Waals surface area contributed by atoms with Crippen molar-refractivity contribution in [2.75, 3.05) is 0 Å². The molecule has 0 fully saturated rings. The molecule has 2 aromatic carbocycles. The molecule has 94 valence electrons. The fourth-order valence-corrected chi connectivity index (χ4v) is 2.40. The third kappa shape index (κ3) is 3.40. The Bertz CT molecular complexity index is 540. The Hall–Kier alpha value is -0.710. The lowest BCUT2D eigenvalue weighted by molar-refractivity contribution is 0.617. The molecule has 0 aliphatic heterocycles. The molecular weight excluding hydrogens is 361 g/mol. The van der Waals surface area contributed by atoms with E-state index in [4.69, 9.17) is 5.73 Å². The Morgan fingerprint density at radius 3 is 2.33 bits per heavy atom. The van der Waals surface area contributed by atoms with Gasteiger partial charge in [0.05, 0.1) is 4.47 Å². The standard InChI is InChI=1S/C14H12Br2FN/c15-11-4-1-9(2-5-11)7-14(18)10-3-6-13(17)12(16)8-10/h1-6,8,14H,7,18H2.